The maximum atomic E-state index is 11.7. The largest absolute Gasteiger partial charge is 0.494 e. The molecule has 0 aliphatic heterocycles. The molecule has 0 aliphatic rings. The molecule has 22 heavy (non-hydrogen) atoms. The van der Waals surface area contributed by atoms with E-state index in [-0.39, 0.29) is 4.90 Å². The van der Waals surface area contributed by atoms with E-state index in [2.05, 4.69) is 10.3 Å². The summed E-state index contributed by atoms with van der Waals surface area (Å²) < 4.78 is 29.0. The number of aromatic nitrogens is 1. The quantitative estimate of drug-likeness (QED) is 0.849. The Bertz CT molecular complexity index is 730. The van der Waals surface area contributed by atoms with Crippen LogP contribution in [-0.2, 0) is 16.3 Å². The molecule has 0 saturated heterocycles. The molecule has 1 heterocycles. The molecule has 6 heteroatoms. The van der Waals surface area contributed by atoms with Gasteiger partial charge in [0.05, 0.1) is 6.61 Å². The van der Waals surface area contributed by atoms with E-state index in [0.717, 1.165) is 17.7 Å². The van der Waals surface area contributed by atoms with Crippen molar-refractivity contribution in [2.45, 2.75) is 18.2 Å². The Labute approximate surface area is 131 Å². The van der Waals surface area contributed by atoms with Crippen molar-refractivity contribution in [3.05, 3.63) is 48.2 Å². The van der Waals surface area contributed by atoms with Crippen molar-refractivity contribution >= 4 is 15.7 Å². The summed E-state index contributed by atoms with van der Waals surface area (Å²) in [5.74, 6) is 1.25. The lowest BCUT2D eigenvalue weighted by Gasteiger charge is -2.12. The maximum Gasteiger partial charge on any atom is 0.179 e. The number of pyridine rings is 1. The molecule has 118 valence electrons. The predicted octanol–water partition coefficient (Wildman–Crippen LogP) is 2.54. The molecule has 0 bridgehead atoms. The minimum absolute atomic E-state index is 0.216. The highest BCUT2D eigenvalue weighted by Gasteiger charge is 2.13. The van der Waals surface area contributed by atoms with Crippen molar-refractivity contribution < 1.29 is 13.2 Å². The average molecular weight is 320 g/mol. The summed E-state index contributed by atoms with van der Waals surface area (Å²) in [6, 6.07) is 11.0. The van der Waals surface area contributed by atoms with Crippen LogP contribution >= 0.6 is 0 Å². The van der Waals surface area contributed by atoms with Crippen LogP contribution < -0.4 is 10.1 Å². The molecule has 0 radical (unpaired) electrons. The van der Waals surface area contributed by atoms with Crippen LogP contribution in [0.1, 0.15) is 12.5 Å². The predicted molar refractivity (Wildman–Crippen MR) is 87.2 cm³/mol. The summed E-state index contributed by atoms with van der Waals surface area (Å²) in [7, 11) is -3.29. The van der Waals surface area contributed by atoms with Crippen LogP contribution in [0.5, 0.6) is 5.75 Å². The van der Waals surface area contributed by atoms with Gasteiger partial charge >= 0.3 is 0 Å². The molecule has 5 nitrogen and oxygen atoms in total. The molecule has 1 aromatic carbocycles. The first-order chi connectivity index (χ1) is 10.5. The topological polar surface area (TPSA) is 68.3 Å². The fourth-order valence-electron chi connectivity index (χ4n) is 2.14. The molecule has 0 spiro atoms. The van der Waals surface area contributed by atoms with Gasteiger partial charge in [0.1, 0.15) is 16.5 Å². The fraction of sp³-hybridized carbons (Fsp3) is 0.312. The van der Waals surface area contributed by atoms with E-state index < -0.39 is 9.84 Å². The van der Waals surface area contributed by atoms with Crippen LogP contribution in [0.4, 0.5) is 5.82 Å². The Balaban J connectivity index is 2.07. The molecular weight excluding hydrogens is 300 g/mol. The summed E-state index contributed by atoms with van der Waals surface area (Å²) >= 11 is 0. The van der Waals surface area contributed by atoms with Gasteiger partial charge in [-0.3, -0.25) is 0 Å². The average Bonchev–Trinajstić information content (AvgIpc) is 2.49. The SMILES string of the molecule is CCOc1ccccc1CCNc1ncccc1S(C)(=O)=O. The molecule has 1 N–H and O–H groups in total. The lowest BCUT2D eigenvalue weighted by atomic mass is 10.1. The van der Waals surface area contributed by atoms with Crippen LogP contribution in [0.3, 0.4) is 0 Å². The number of sulfone groups is 1. The smallest absolute Gasteiger partial charge is 0.179 e. The molecule has 0 fully saturated rings. The number of hydrogen-bond acceptors (Lipinski definition) is 5. The van der Waals surface area contributed by atoms with Gasteiger partial charge in [0.25, 0.3) is 0 Å². The van der Waals surface area contributed by atoms with Crippen LogP contribution in [0, 0.1) is 0 Å². The maximum absolute atomic E-state index is 11.7. The number of para-hydroxylation sites is 1. The highest BCUT2D eigenvalue weighted by atomic mass is 32.2. The van der Waals surface area contributed by atoms with Crippen molar-refractivity contribution in [2.24, 2.45) is 0 Å². The first kappa shape index (κ1) is 16.3. The molecule has 2 rings (SSSR count). The van der Waals surface area contributed by atoms with Crippen molar-refractivity contribution in [2.75, 3.05) is 24.7 Å². The first-order valence-electron chi connectivity index (χ1n) is 7.12. The summed E-state index contributed by atoms with van der Waals surface area (Å²) in [6.07, 6.45) is 3.47. The summed E-state index contributed by atoms with van der Waals surface area (Å²) in [4.78, 5) is 4.33. The van der Waals surface area contributed by atoms with Crippen molar-refractivity contribution in [3.63, 3.8) is 0 Å². The van der Waals surface area contributed by atoms with Crippen LogP contribution in [0.15, 0.2) is 47.5 Å². The molecule has 1 aromatic heterocycles. The Kier molecular flexibility index (Phi) is 5.38. The first-order valence-corrected chi connectivity index (χ1v) is 9.01. The monoisotopic (exact) mass is 320 g/mol. The fourth-order valence-corrected chi connectivity index (χ4v) is 2.95. The summed E-state index contributed by atoms with van der Waals surface area (Å²) in [5, 5.41) is 3.09. The third kappa shape index (κ3) is 4.21. The van der Waals surface area contributed by atoms with Gasteiger partial charge in [0.2, 0.25) is 0 Å². The molecule has 2 aromatic rings. The molecular formula is C16H20N2O3S. The standard InChI is InChI=1S/C16H20N2O3S/c1-3-21-14-8-5-4-7-13(14)10-12-18-16-15(22(2,19)20)9-6-11-17-16/h4-9,11H,3,10,12H2,1-2H3,(H,17,18). The Morgan fingerprint density at radius 1 is 1.18 bits per heavy atom. The number of anilines is 1. The molecule has 0 atom stereocenters. The summed E-state index contributed by atoms with van der Waals surface area (Å²) in [5.41, 5.74) is 1.08. The van der Waals surface area contributed by atoms with Gasteiger partial charge < -0.3 is 10.1 Å². The van der Waals surface area contributed by atoms with E-state index in [1.807, 2.05) is 31.2 Å². The lowest BCUT2D eigenvalue weighted by molar-refractivity contribution is 0.336. The summed E-state index contributed by atoms with van der Waals surface area (Å²) in [6.45, 7) is 3.13. The minimum atomic E-state index is -3.29. The van der Waals surface area contributed by atoms with E-state index >= 15 is 0 Å². The molecule has 0 aliphatic carbocycles. The Morgan fingerprint density at radius 2 is 1.95 bits per heavy atom. The molecule has 0 unspecified atom stereocenters. The Hall–Kier alpha value is -2.08. The number of nitrogens with one attached hydrogen (secondary N) is 1. The van der Waals surface area contributed by atoms with Gasteiger partial charge in [0, 0.05) is 19.0 Å². The van der Waals surface area contributed by atoms with Gasteiger partial charge in [-0.1, -0.05) is 18.2 Å². The minimum Gasteiger partial charge on any atom is -0.494 e. The van der Waals surface area contributed by atoms with Crippen molar-refractivity contribution in [1.29, 1.82) is 0 Å². The van der Waals surface area contributed by atoms with E-state index in [4.69, 9.17) is 4.74 Å². The van der Waals surface area contributed by atoms with Gasteiger partial charge in [-0.2, -0.15) is 0 Å². The number of ether oxygens (including phenoxy) is 1. The second kappa shape index (κ2) is 7.26. The lowest BCUT2D eigenvalue weighted by Crippen LogP contribution is -2.11. The zero-order valence-corrected chi connectivity index (χ0v) is 13.6. The third-order valence-electron chi connectivity index (χ3n) is 3.13. The van der Waals surface area contributed by atoms with Crippen molar-refractivity contribution in [1.82, 2.24) is 4.98 Å². The second-order valence-corrected chi connectivity index (χ2v) is 6.82. The molecule has 0 amide bonds. The van der Waals surface area contributed by atoms with Gasteiger partial charge in [-0.25, -0.2) is 13.4 Å². The van der Waals surface area contributed by atoms with Gasteiger partial charge in [-0.15, -0.1) is 0 Å². The van der Waals surface area contributed by atoms with Gasteiger partial charge in [0.15, 0.2) is 9.84 Å². The highest BCUT2D eigenvalue weighted by molar-refractivity contribution is 7.90. The normalized spacial score (nSPS) is 11.2. The number of rotatable bonds is 7. The zero-order chi connectivity index (χ0) is 16.0. The zero-order valence-electron chi connectivity index (χ0n) is 12.7. The number of benzene rings is 1. The van der Waals surface area contributed by atoms with Crippen LogP contribution in [0.2, 0.25) is 0 Å². The Morgan fingerprint density at radius 3 is 2.68 bits per heavy atom. The third-order valence-corrected chi connectivity index (χ3v) is 4.26. The van der Waals surface area contributed by atoms with E-state index in [9.17, 15) is 8.42 Å². The van der Waals surface area contributed by atoms with E-state index in [1.54, 1.807) is 18.3 Å². The van der Waals surface area contributed by atoms with Gasteiger partial charge in [-0.05, 0) is 37.1 Å². The van der Waals surface area contributed by atoms with Crippen molar-refractivity contribution in [3.8, 4) is 5.75 Å². The second-order valence-electron chi connectivity index (χ2n) is 4.84. The van der Waals surface area contributed by atoms with E-state index in [1.165, 1.54) is 6.26 Å². The van der Waals surface area contributed by atoms with Crippen LogP contribution in [0.25, 0.3) is 0 Å². The molecule has 0 saturated carbocycles. The number of nitrogens with zero attached hydrogens (tertiary/aromatic N) is 1. The van der Waals surface area contributed by atoms with Crippen LogP contribution in [-0.4, -0.2) is 32.8 Å². The van der Waals surface area contributed by atoms with E-state index in [0.29, 0.717) is 19.0 Å². The highest BCUT2D eigenvalue weighted by Crippen LogP contribution is 2.20. The number of hydrogen-bond donors (Lipinski definition) is 1.